The van der Waals surface area contributed by atoms with Crippen molar-refractivity contribution in [1.29, 1.82) is 0 Å². The van der Waals surface area contributed by atoms with Crippen LogP contribution < -0.4 is 5.32 Å². The zero-order chi connectivity index (χ0) is 17.6. The van der Waals surface area contributed by atoms with Crippen molar-refractivity contribution < 1.29 is 22.7 Å². The summed E-state index contributed by atoms with van der Waals surface area (Å²) in [4.78, 5) is 12.0. The Labute approximate surface area is 138 Å². The SMILES string of the molecule is COCc1ccccc1CNC(=O)Cc1cccc(C(F)(F)F)c1. The number of rotatable bonds is 6. The zero-order valence-electron chi connectivity index (χ0n) is 13.2. The molecule has 3 nitrogen and oxygen atoms in total. The summed E-state index contributed by atoms with van der Waals surface area (Å²) in [6, 6.07) is 12.3. The van der Waals surface area contributed by atoms with E-state index in [1.807, 2.05) is 24.3 Å². The second kappa shape index (κ2) is 7.97. The first-order valence-corrected chi connectivity index (χ1v) is 7.38. The van der Waals surface area contributed by atoms with E-state index in [0.29, 0.717) is 18.7 Å². The van der Waals surface area contributed by atoms with E-state index in [2.05, 4.69) is 5.32 Å². The minimum atomic E-state index is -4.41. The van der Waals surface area contributed by atoms with Gasteiger partial charge in [0.15, 0.2) is 0 Å². The van der Waals surface area contributed by atoms with Gasteiger partial charge in [-0.25, -0.2) is 0 Å². The number of hydrogen-bond acceptors (Lipinski definition) is 2. The molecule has 0 unspecified atom stereocenters. The number of benzene rings is 2. The number of nitrogens with one attached hydrogen (secondary N) is 1. The molecule has 0 radical (unpaired) electrons. The zero-order valence-corrected chi connectivity index (χ0v) is 13.2. The number of hydrogen-bond donors (Lipinski definition) is 1. The van der Waals surface area contributed by atoms with Crippen molar-refractivity contribution in [1.82, 2.24) is 5.32 Å². The largest absolute Gasteiger partial charge is 0.416 e. The Morgan fingerprint density at radius 2 is 1.79 bits per heavy atom. The summed E-state index contributed by atoms with van der Waals surface area (Å²) in [5.74, 6) is -0.332. The highest BCUT2D eigenvalue weighted by atomic mass is 19.4. The van der Waals surface area contributed by atoms with E-state index in [1.165, 1.54) is 12.1 Å². The highest BCUT2D eigenvalue weighted by Crippen LogP contribution is 2.29. The Balaban J connectivity index is 1.97. The van der Waals surface area contributed by atoms with Gasteiger partial charge in [-0.15, -0.1) is 0 Å². The molecule has 0 saturated carbocycles. The van der Waals surface area contributed by atoms with Gasteiger partial charge in [-0.05, 0) is 22.8 Å². The Bertz CT molecular complexity index is 699. The highest BCUT2D eigenvalue weighted by Gasteiger charge is 2.30. The van der Waals surface area contributed by atoms with Gasteiger partial charge in [0.25, 0.3) is 0 Å². The molecule has 2 rings (SSSR count). The van der Waals surface area contributed by atoms with Gasteiger partial charge >= 0.3 is 6.18 Å². The lowest BCUT2D eigenvalue weighted by Crippen LogP contribution is -2.25. The molecule has 0 spiro atoms. The van der Waals surface area contributed by atoms with Crippen LogP contribution in [0.25, 0.3) is 0 Å². The van der Waals surface area contributed by atoms with Crippen molar-refractivity contribution in [2.75, 3.05) is 7.11 Å². The molecule has 0 aliphatic rings. The molecule has 0 atom stereocenters. The number of halogens is 3. The maximum absolute atomic E-state index is 12.7. The quantitative estimate of drug-likeness (QED) is 0.873. The summed E-state index contributed by atoms with van der Waals surface area (Å²) in [6.45, 7) is 0.733. The van der Waals surface area contributed by atoms with Crippen LogP contribution in [0, 0.1) is 0 Å². The first-order chi connectivity index (χ1) is 11.4. The molecule has 0 aliphatic heterocycles. The molecule has 0 fully saturated rings. The van der Waals surface area contributed by atoms with Crippen molar-refractivity contribution in [3.05, 3.63) is 70.8 Å². The first kappa shape index (κ1) is 18.0. The molecular weight excluding hydrogens is 319 g/mol. The molecule has 2 aromatic rings. The van der Waals surface area contributed by atoms with E-state index in [9.17, 15) is 18.0 Å². The van der Waals surface area contributed by atoms with Crippen LogP contribution >= 0.6 is 0 Å². The number of amides is 1. The Morgan fingerprint density at radius 1 is 1.08 bits per heavy atom. The van der Waals surface area contributed by atoms with Crippen LogP contribution in [0.5, 0.6) is 0 Å². The van der Waals surface area contributed by atoms with Crippen LogP contribution in [0.2, 0.25) is 0 Å². The molecule has 128 valence electrons. The molecule has 0 heterocycles. The molecule has 1 N–H and O–H groups in total. The minimum Gasteiger partial charge on any atom is -0.380 e. The third-order valence-electron chi connectivity index (χ3n) is 3.51. The fourth-order valence-electron chi connectivity index (χ4n) is 2.33. The summed E-state index contributed by atoms with van der Waals surface area (Å²) in [5.41, 5.74) is 1.45. The third-order valence-corrected chi connectivity index (χ3v) is 3.51. The van der Waals surface area contributed by atoms with Gasteiger partial charge in [0.2, 0.25) is 5.91 Å². The van der Waals surface area contributed by atoms with E-state index < -0.39 is 11.7 Å². The molecule has 0 saturated heterocycles. The predicted molar refractivity (Wildman–Crippen MR) is 84.1 cm³/mol. The van der Waals surface area contributed by atoms with Gasteiger partial charge in [0, 0.05) is 13.7 Å². The van der Waals surface area contributed by atoms with Crippen LogP contribution in [0.4, 0.5) is 13.2 Å². The lowest BCUT2D eigenvalue weighted by molar-refractivity contribution is -0.137. The summed E-state index contributed by atoms with van der Waals surface area (Å²) in [5, 5.41) is 2.73. The first-order valence-electron chi connectivity index (χ1n) is 7.38. The van der Waals surface area contributed by atoms with E-state index in [-0.39, 0.29) is 12.3 Å². The average Bonchev–Trinajstić information content (AvgIpc) is 2.54. The predicted octanol–water partition coefficient (Wildman–Crippen LogP) is 3.71. The number of methoxy groups -OCH3 is 1. The topological polar surface area (TPSA) is 38.3 Å². The highest BCUT2D eigenvalue weighted by molar-refractivity contribution is 5.78. The Kier molecular flexibility index (Phi) is 5.98. The molecule has 6 heteroatoms. The molecule has 2 aromatic carbocycles. The number of ether oxygens (including phenoxy) is 1. The Hall–Kier alpha value is -2.34. The van der Waals surface area contributed by atoms with Crippen molar-refractivity contribution in [2.24, 2.45) is 0 Å². The summed E-state index contributed by atoms with van der Waals surface area (Å²) < 4.78 is 43.1. The van der Waals surface area contributed by atoms with Gasteiger partial charge < -0.3 is 10.1 Å². The van der Waals surface area contributed by atoms with Gasteiger partial charge in [-0.3, -0.25) is 4.79 Å². The molecule has 0 aromatic heterocycles. The van der Waals surface area contributed by atoms with Gasteiger partial charge in [-0.2, -0.15) is 13.2 Å². The molecule has 1 amide bonds. The number of alkyl halides is 3. The van der Waals surface area contributed by atoms with Gasteiger partial charge in [0.05, 0.1) is 18.6 Å². The average molecular weight is 337 g/mol. The minimum absolute atomic E-state index is 0.101. The van der Waals surface area contributed by atoms with E-state index in [4.69, 9.17) is 4.74 Å². The van der Waals surface area contributed by atoms with Crippen LogP contribution in [-0.2, 0) is 35.3 Å². The smallest absolute Gasteiger partial charge is 0.380 e. The van der Waals surface area contributed by atoms with E-state index >= 15 is 0 Å². The van der Waals surface area contributed by atoms with Crippen LogP contribution in [0.15, 0.2) is 48.5 Å². The molecule has 0 bridgehead atoms. The van der Waals surface area contributed by atoms with Crippen molar-refractivity contribution >= 4 is 5.91 Å². The van der Waals surface area contributed by atoms with Gasteiger partial charge in [0.1, 0.15) is 0 Å². The maximum atomic E-state index is 12.7. The lowest BCUT2D eigenvalue weighted by Gasteiger charge is -2.11. The van der Waals surface area contributed by atoms with E-state index in [0.717, 1.165) is 23.3 Å². The molecule has 0 aliphatic carbocycles. The lowest BCUT2D eigenvalue weighted by atomic mass is 10.1. The van der Waals surface area contributed by atoms with Crippen LogP contribution in [-0.4, -0.2) is 13.0 Å². The standard InChI is InChI=1S/C18H18F3NO2/c1-24-12-15-7-3-2-6-14(15)11-22-17(23)10-13-5-4-8-16(9-13)18(19,20)21/h2-9H,10-12H2,1H3,(H,22,23). The second-order valence-electron chi connectivity index (χ2n) is 5.35. The van der Waals surface area contributed by atoms with E-state index in [1.54, 1.807) is 7.11 Å². The Morgan fingerprint density at radius 3 is 2.46 bits per heavy atom. The van der Waals surface area contributed by atoms with Crippen LogP contribution in [0.3, 0.4) is 0 Å². The van der Waals surface area contributed by atoms with Crippen molar-refractivity contribution in [3.63, 3.8) is 0 Å². The summed E-state index contributed by atoms with van der Waals surface area (Å²) >= 11 is 0. The number of carbonyl (C=O) groups excluding carboxylic acids is 1. The van der Waals surface area contributed by atoms with Crippen molar-refractivity contribution in [3.8, 4) is 0 Å². The fraction of sp³-hybridized carbons (Fsp3) is 0.278. The van der Waals surface area contributed by atoms with Crippen molar-refractivity contribution in [2.45, 2.75) is 25.7 Å². The van der Waals surface area contributed by atoms with Crippen LogP contribution in [0.1, 0.15) is 22.3 Å². The summed E-state index contributed by atoms with van der Waals surface area (Å²) in [7, 11) is 1.59. The molecule has 24 heavy (non-hydrogen) atoms. The maximum Gasteiger partial charge on any atom is 0.416 e. The van der Waals surface area contributed by atoms with Gasteiger partial charge in [-0.1, -0.05) is 42.5 Å². The normalized spacial score (nSPS) is 11.3. The monoisotopic (exact) mass is 337 g/mol. The second-order valence-corrected chi connectivity index (χ2v) is 5.35. The number of carbonyl (C=O) groups is 1. The summed E-state index contributed by atoms with van der Waals surface area (Å²) in [6.07, 6.45) is -4.51. The molecular formula is C18H18F3NO2. The fourth-order valence-corrected chi connectivity index (χ4v) is 2.33. The third kappa shape index (κ3) is 5.09.